The highest BCUT2D eigenvalue weighted by Crippen LogP contribution is 2.52. The summed E-state index contributed by atoms with van der Waals surface area (Å²) < 4.78 is 40.4. The molecule has 2 aromatic heterocycles. The predicted molar refractivity (Wildman–Crippen MR) is 153 cm³/mol. The van der Waals surface area contributed by atoms with E-state index in [0.717, 1.165) is 39.9 Å². The molecule has 6 rings (SSSR count). The Kier molecular flexibility index (Phi) is 5.87. The van der Waals surface area contributed by atoms with Crippen LogP contribution in [0.3, 0.4) is 0 Å². The van der Waals surface area contributed by atoms with Crippen molar-refractivity contribution in [2.24, 2.45) is 0 Å². The van der Waals surface area contributed by atoms with Gasteiger partial charge in [0, 0.05) is 22.6 Å². The van der Waals surface area contributed by atoms with E-state index in [1.165, 1.54) is 11.6 Å². The van der Waals surface area contributed by atoms with E-state index in [9.17, 15) is 18.3 Å². The van der Waals surface area contributed by atoms with E-state index >= 15 is 0 Å². The van der Waals surface area contributed by atoms with Gasteiger partial charge in [0.2, 0.25) is 0 Å². The number of anilines is 3. The van der Waals surface area contributed by atoms with E-state index in [-0.39, 0.29) is 10.9 Å². The van der Waals surface area contributed by atoms with Gasteiger partial charge in [-0.15, -0.1) is 0 Å². The van der Waals surface area contributed by atoms with Gasteiger partial charge in [-0.1, -0.05) is 70.2 Å². The fraction of sp³-hybridized carbons (Fsp3) is 0.212. The van der Waals surface area contributed by atoms with Crippen LogP contribution in [0.1, 0.15) is 55.9 Å². The number of aromatic hydroxyl groups is 1. The highest BCUT2D eigenvalue weighted by molar-refractivity contribution is 5.90. The Morgan fingerprint density at radius 2 is 1.57 bits per heavy atom. The fourth-order valence-electron chi connectivity index (χ4n) is 5.60. The number of nitrogens with zero attached hydrogens (tertiary/aromatic N) is 3. The van der Waals surface area contributed by atoms with Gasteiger partial charge in [-0.3, -0.25) is 4.90 Å². The third kappa shape index (κ3) is 4.08. The van der Waals surface area contributed by atoms with Gasteiger partial charge in [-0.25, -0.2) is 9.97 Å². The molecule has 1 N–H and O–H groups in total. The number of fused-ring (bicyclic) bond motifs is 3. The van der Waals surface area contributed by atoms with Crippen molar-refractivity contribution >= 4 is 28.1 Å². The van der Waals surface area contributed by atoms with Crippen molar-refractivity contribution < 1.29 is 18.3 Å². The van der Waals surface area contributed by atoms with Crippen LogP contribution in [0.2, 0.25) is 0 Å². The van der Waals surface area contributed by atoms with E-state index in [2.05, 4.69) is 61.8 Å². The number of pyridine rings is 2. The van der Waals surface area contributed by atoms with Crippen molar-refractivity contribution in [3.8, 4) is 17.0 Å². The lowest BCUT2D eigenvalue weighted by molar-refractivity contribution is -0.138. The molecular weight excluding hydrogens is 511 g/mol. The van der Waals surface area contributed by atoms with Crippen LogP contribution in [0.5, 0.6) is 5.75 Å². The zero-order valence-corrected chi connectivity index (χ0v) is 22.6. The molecule has 7 heteroatoms. The molecule has 0 saturated carbocycles. The van der Waals surface area contributed by atoms with Gasteiger partial charge in [0.05, 0.1) is 22.6 Å². The first-order valence-electron chi connectivity index (χ1n) is 13.2. The lowest BCUT2D eigenvalue weighted by Gasteiger charge is -2.41. The minimum absolute atomic E-state index is 0.0844. The predicted octanol–water partition coefficient (Wildman–Crippen LogP) is 9.25. The van der Waals surface area contributed by atoms with E-state index < -0.39 is 17.5 Å². The molecule has 0 radical (unpaired) electrons. The normalized spacial score (nSPS) is 14.3. The van der Waals surface area contributed by atoms with Crippen molar-refractivity contribution in [2.75, 3.05) is 4.90 Å². The molecule has 0 fully saturated rings. The third-order valence-corrected chi connectivity index (χ3v) is 7.83. The second kappa shape index (κ2) is 9.08. The summed E-state index contributed by atoms with van der Waals surface area (Å²) in [5.74, 6) is 0.239. The summed E-state index contributed by atoms with van der Waals surface area (Å²) in [5.41, 5.74) is 5.05. The molecule has 3 aromatic carbocycles. The van der Waals surface area contributed by atoms with Crippen LogP contribution in [0.15, 0.2) is 85.1 Å². The summed E-state index contributed by atoms with van der Waals surface area (Å²) >= 11 is 0. The van der Waals surface area contributed by atoms with Gasteiger partial charge >= 0.3 is 6.18 Å². The Morgan fingerprint density at radius 1 is 0.850 bits per heavy atom. The van der Waals surface area contributed by atoms with Crippen molar-refractivity contribution in [1.82, 2.24) is 9.97 Å². The number of halogens is 3. The quantitative estimate of drug-likeness (QED) is 0.248. The molecule has 0 amide bonds. The van der Waals surface area contributed by atoms with Crippen LogP contribution >= 0.6 is 0 Å². The Balaban J connectivity index is 1.57. The number of hydrogen-bond acceptors (Lipinski definition) is 4. The first-order valence-corrected chi connectivity index (χ1v) is 13.2. The Hall–Kier alpha value is -4.39. The lowest BCUT2D eigenvalue weighted by Crippen LogP contribution is -2.31. The molecule has 5 aromatic rings. The maximum Gasteiger partial charge on any atom is 0.420 e. The maximum absolute atomic E-state index is 13.5. The summed E-state index contributed by atoms with van der Waals surface area (Å²) in [6.45, 7) is 8.65. The average Bonchev–Trinajstić information content (AvgIpc) is 2.92. The molecule has 1 aliphatic heterocycles. The number of aromatic nitrogens is 2. The van der Waals surface area contributed by atoms with E-state index in [0.29, 0.717) is 17.0 Å². The number of hydrogen-bond donors (Lipinski definition) is 1. The van der Waals surface area contributed by atoms with Crippen LogP contribution < -0.4 is 4.90 Å². The van der Waals surface area contributed by atoms with Gasteiger partial charge in [0.25, 0.3) is 0 Å². The van der Waals surface area contributed by atoms with Gasteiger partial charge in [0.15, 0.2) is 5.75 Å². The topological polar surface area (TPSA) is 49.2 Å². The van der Waals surface area contributed by atoms with Crippen LogP contribution in [0.4, 0.5) is 30.4 Å². The number of alkyl halides is 3. The second-order valence-corrected chi connectivity index (χ2v) is 11.0. The van der Waals surface area contributed by atoms with E-state index in [4.69, 9.17) is 4.98 Å². The van der Waals surface area contributed by atoms with E-state index in [1.807, 2.05) is 36.5 Å². The smallest absolute Gasteiger partial charge is 0.420 e. The van der Waals surface area contributed by atoms with Crippen LogP contribution in [-0.4, -0.2) is 15.1 Å². The van der Waals surface area contributed by atoms with E-state index in [1.54, 1.807) is 12.1 Å². The van der Waals surface area contributed by atoms with Crippen LogP contribution in [-0.2, 0) is 11.6 Å². The monoisotopic (exact) mass is 539 g/mol. The van der Waals surface area contributed by atoms with Crippen molar-refractivity contribution in [3.63, 3.8) is 0 Å². The Bertz CT molecular complexity index is 1780. The maximum atomic E-state index is 13.5. The van der Waals surface area contributed by atoms with Gasteiger partial charge in [-0.2, -0.15) is 13.2 Å². The first kappa shape index (κ1) is 25.9. The molecule has 1 aliphatic rings. The first-order chi connectivity index (χ1) is 19.0. The van der Waals surface area contributed by atoms with Crippen LogP contribution in [0, 0.1) is 0 Å². The highest BCUT2D eigenvalue weighted by Gasteiger charge is 2.38. The molecule has 0 spiro atoms. The highest BCUT2D eigenvalue weighted by atomic mass is 19.4. The minimum atomic E-state index is -4.68. The zero-order valence-electron chi connectivity index (χ0n) is 22.6. The fourth-order valence-corrected chi connectivity index (χ4v) is 5.60. The van der Waals surface area contributed by atoms with Crippen molar-refractivity contribution in [3.05, 3.63) is 107 Å². The average molecular weight is 540 g/mol. The van der Waals surface area contributed by atoms with Gasteiger partial charge in [-0.05, 0) is 59.0 Å². The lowest BCUT2D eigenvalue weighted by atomic mass is 9.73. The summed E-state index contributed by atoms with van der Waals surface area (Å²) in [4.78, 5) is 11.4. The van der Waals surface area contributed by atoms with Crippen LogP contribution in [0.25, 0.3) is 22.2 Å². The molecule has 3 heterocycles. The Labute approximate surface area is 230 Å². The number of rotatable bonds is 3. The van der Waals surface area contributed by atoms with Gasteiger partial charge < -0.3 is 5.11 Å². The molecule has 0 aliphatic carbocycles. The SMILES string of the molecule is CC(C)c1ccnc(N2c3ccccc3C(C)(C)c3ccc(-c4ccc5ccc(C(F)(F)F)c(O)c5n4)cc32)c1. The second-order valence-electron chi connectivity index (χ2n) is 11.0. The van der Waals surface area contributed by atoms with Crippen molar-refractivity contribution in [1.29, 1.82) is 0 Å². The summed E-state index contributed by atoms with van der Waals surface area (Å²) in [6.07, 6.45) is -2.86. The number of phenolic OH excluding ortho intramolecular Hbond substituents is 1. The molecule has 202 valence electrons. The number of para-hydroxylation sites is 1. The summed E-state index contributed by atoms with van der Waals surface area (Å²) in [6, 6.07) is 24.0. The molecule has 0 saturated heterocycles. The third-order valence-electron chi connectivity index (χ3n) is 7.83. The molecule has 0 bridgehead atoms. The van der Waals surface area contributed by atoms with Gasteiger partial charge in [0.1, 0.15) is 11.3 Å². The molecular formula is C33H28F3N3O. The van der Waals surface area contributed by atoms with Crippen molar-refractivity contribution in [2.45, 2.75) is 45.2 Å². The largest absolute Gasteiger partial charge is 0.505 e. The molecule has 4 nitrogen and oxygen atoms in total. The molecule has 40 heavy (non-hydrogen) atoms. The zero-order chi connectivity index (χ0) is 28.4. The molecule has 0 unspecified atom stereocenters. The molecule has 0 atom stereocenters. The number of phenols is 1. The standard InChI is InChI=1S/C33H28F3N3O/c1-19(2)21-15-16-37-29(18-21)39-27-8-6-5-7-23(27)32(3,4)24-12-10-22(17-28(24)39)26-14-11-20-9-13-25(33(34,35)36)31(40)30(20)38-26/h5-19,40H,1-4H3. The number of benzene rings is 3. The minimum Gasteiger partial charge on any atom is -0.505 e. The summed E-state index contributed by atoms with van der Waals surface area (Å²) in [7, 11) is 0. The summed E-state index contributed by atoms with van der Waals surface area (Å²) in [5, 5.41) is 10.9. The Morgan fingerprint density at radius 3 is 2.33 bits per heavy atom.